The van der Waals surface area contributed by atoms with E-state index in [-0.39, 0.29) is 17.0 Å². The number of halogens is 3. The molecule has 0 radical (unpaired) electrons. The van der Waals surface area contributed by atoms with E-state index < -0.39 is 17.3 Å². The molecular weight excluding hydrogens is 261 g/mol. The lowest BCUT2D eigenvalue weighted by atomic mass is 10.2. The van der Waals surface area contributed by atoms with Gasteiger partial charge in [-0.2, -0.15) is 13.2 Å². The molecule has 0 bridgehead atoms. The highest BCUT2D eigenvalue weighted by Crippen LogP contribution is 2.75. The highest BCUT2D eigenvalue weighted by Gasteiger charge is 2.74. The molecule has 2 aliphatic carbocycles. The first-order valence-corrected chi connectivity index (χ1v) is 5.83. The first kappa shape index (κ1) is 12.3. The zero-order chi connectivity index (χ0) is 14.0. The average Bonchev–Trinajstić information content (AvgIpc) is 3.10. The third-order valence-electron chi connectivity index (χ3n) is 3.89. The minimum absolute atomic E-state index is 0.311. The van der Waals surface area contributed by atoms with Gasteiger partial charge in [0.15, 0.2) is 0 Å². The van der Waals surface area contributed by atoms with Gasteiger partial charge in [-0.15, -0.1) is 0 Å². The number of nitrogens with one attached hydrogen (secondary N) is 1. The normalized spacial score (nSPS) is 27.7. The van der Waals surface area contributed by atoms with E-state index in [4.69, 9.17) is 0 Å². The van der Waals surface area contributed by atoms with Crippen LogP contribution in [0.4, 0.5) is 18.9 Å². The Bertz CT molecular complexity index is 627. The van der Waals surface area contributed by atoms with Gasteiger partial charge in [0.25, 0.3) is 5.56 Å². The van der Waals surface area contributed by atoms with Gasteiger partial charge in [0.05, 0.1) is 11.0 Å². The molecule has 2 saturated carbocycles. The number of hydrogen-bond acceptors (Lipinski definition) is 2. The fourth-order valence-electron chi connectivity index (χ4n) is 2.28. The van der Waals surface area contributed by atoms with E-state index in [1.165, 1.54) is 7.05 Å². The Hall–Kier alpha value is -1.79. The van der Waals surface area contributed by atoms with Gasteiger partial charge >= 0.3 is 6.18 Å². The number of nitrogens with zero attached hydrogens (tertiary/aromatic N) is 1. The van der Waals surface area contributed by atoms with Gasteiger partial charge in [-0.25, -0.2) is 0 Å². The van der Waals surface area contributed by atoms with E-state index in [1.807, 2.05) is 0 Å². The smallest absolute Gasteiger partial charge is 0.321 e. The van der Waals surface area contributed by atoms with Crippen LogP contribution in [0.3, 0.4) is 0 Å². The van der Waals surface area contributed by atoms with Crippen LogP contribution < -0.4 is 10.9 Å². The molecule has 0 unspecified atom stereocenters. The molecule has 2 aliphatic rings. The Morgan fingerprint density at radius 1 is 1.47 bits per heavy atom. The molecule has 1 aromatic heterocycles. The molecule has 0 spiro atoms. The van der Waals surface area contributed by atoms with Gasteiger partial charge in [0.1, 0.15) is 5.69 Å². The van der Waals surface area contributed by atoms with Gasteiger partial charge < -0.3 is 9.88 Å². The maximum absolute atomic E-state index is 12.6. The molecule has 1 heterocycles. The van der Waals surface area contributed by atoms with Gasteiger partial charge in [0, 0.05) is 13.2 Å². The molecule has 3 rings (SSSR count). The van der Waals surface area contributed by atoms with Crippen LogP contribution in [-0.4, -0.2) is 10.5 Å². The van der Waals surface area contributed by atoms with Crippen molar-refractivity contribution in [1.82, 2.24) is 4.57 Å². The molecule has 0 aliphatic heterocycles. The summed E-state index contributed by atoms with van der Waals surface area (Å²) in [5.74, 6) is 0.0241. The monoisotopic (exact) mass is 272 g/mol. The average molecular weight is 272 g/mol. The molecule has 0 atom stereocenters. The minimum Gasteiger partial charge on any atom is -0.321 e. The predicted octanol–water partition coefficient (Wildman–Crippen LogP) is 1.75. The number of hydrogen-bond donors (Lipinski definition) is 1. The van der Waals surface area contributed by atoms with E-state index in [0.29, 0.717) is 18.2 Å². The van der Waals surface area contributed by atoms with Crippen LogP contribution >= 0.6 is 0 Å². The quantitative estimate of drug-likeness (QED) is 0.891. The topological polar surface area (TPSA) is 51.1 Å². The fourth-order valence-corrected chi connectivity index (χ4v) is 2.28. The molecule has 7 heteroatoms. The zero-order valence-electron chi connectivity index (χ0n) is 10.0. The van der Waals surface area contributed by atoms with E-state index >= 15 is 0 Å². The molecule has 1 amide bonds. The highest BCUT2D eigenvalue weighted by molar-refractivity contribution is 6.00. The number of aromatic nitrogens is 1. The Balaban J connectivity index is 1.93. The van der Waals surface area contributed by atoms with E-state index in [0.717, 1.165) is 17.4 Å². The summed E-state index contributed by atoms with van der Waals surface area (Å²) >= 11 is 0. The standard InChI is InChI=1S/C12H11F3N2O2/c1-17-5-6(12(13,14)15)2-8(9(17)18)16-10(19)11-3-7(11)4-11/h2,5,7H,3-4H2,1H3,(H,16,19). The van der Waals surface area contributed by atoms with Crippen LogP contribution in [0.5, 0.6) is 0 Å². The van der Waals surface area contributed by atoms with Crippen molar-refractivity contribution in [2.45, 2.75) is 19.0 Å². The summed E-state index contributed by atoms with van der Waals surface area (Å²) in [4.78, 5) is 23.5. The number of aryl methyl sites for hydroxylation is 1. The number of pyridine rings is 1. The van der Waals surface area contributed by atoms with Crippen molar-refractivity contribution >= 4 is 11.6 Å². The second kappa shape index (κ2) is 3.40. The lowest BCUT2D eigenvalue weighted by molar-refractivity contribution is -0.138. The number of carbonyl (C=O) groups is 1. The molecule has 19 heavy (non-hydrogen) atoms. The van der Waals surface area contributed by atoms with E-state index in [9.17, 15) is 22.8 Å². The van der Waals surface area contributed by atoms with Crippen LogP contribution in [0.25, 0.3) is 0 Å². The summed E-state index contributed by atoms with van der Waals surface area (Å²) in [6.45, 7) is 0. The minimum atomic E-state index is -4.55. The largest absolute Gasteiger partial charge is 0.417 e. The summed E-state index contributed by atoms with van der Waals surface area (Å²) in [5, 5.41) is 2.34. The van der Waals surface area contributed by atoms with Gasteiger partial charge in [-0.1, -0.05) is 0 Å². The molecule has 1 N–H and O–H groups in total. The zero-order valence-corrected chi connectivity index (χ0v) is 10.0. The van der Waals surface area contributed by atoms with Crippen LogP contribution in [0.15, 0.2) is 17.1 Å². The second-order valence-electron chi connectivity index (χ2n) is 5.27. The maximum atomic E-state index is 12.6. The number of amides is 1. The Labute approximate surface area is 106 Å². The van der Waals surface area contributed by atoms with Crippen LogP contribution in [0.2, 0.25) is 0 Å². The fraction of sp³-hybridized carbons (Fsp3) is 0.500. The van der Waals surface area contributed by atoms with Crippen molar-refractivity contribution in [2.24, 2.45) is 18.4 Å². The van der Waals surface area contributed by atoms with Crippen molar-refractivity contribution in [2.75, 3.05) is 5.32 Å². The van der Waals surface area contributed by atoms with Crippen LogP contribution in [0, 0.1) is 11.3 Å². The Kier molecular flexibility index (Phi) is 2.19. The van der Waals surface area contributed by atoms with E-state index in [1.54, 1.807) is 0 Å². The van der Waals surface area contributed by atoms with Crippen molar-refractivity contribution in [3.8, 4) is 0 Å². The van der Waals surface area contributed by atoms with Crippen LogP contribution in [-0.2, 0) is 18.0 Å². The second-order valence-corrected chi connectivity index (χ2v) is 5.27. The van der Waals surface area contributed by atoms with Crippen molar-refractivity contribution in [3.05, 3.63) is 28.2 Å². The number of carbonyl (C=O) groups excluding carboxylic acids is 1. The van der Waals surface area contributed by atoms with Gasteiger partial charge in [-0.3, -0.25) is 9.59 Å². The summed E-state index contributed by atoms with van der Waals surface area (Å²) in [6, 6.07) is 0.691. The first-order chi connectivity index (χ1) is 8.74. The van der Waals surface area contributed by atoms with Crippen LogP contribution in [0.1, 0.15) is 18.4 Å². The van der Waals surface area contributed by atoms with E-state index in [2.05, 4.69) is 5.32 Å². The number of anilines is 1. The summed E-state index contributed by atoms with van der Waals surface area (Å²) < 4.78 is 38.8. The Morgan fingerprint density at radius 3 is 2.53 bits per heavy atom. The number of fused-ring (bicyclic) bond motifs is 1. The number of alkyl halides is 3. The molecule has 0 aromatic carbocycles. The summed E-state index contributed by atoms with van der Waals surface area (Å²) in [6.07, 6.45) is -2.28. The maximum Gasteiger partial charge on any atom is 0.417 e. The lowest BCUT2D eigenvalue weighted by Gasteiger charge is -2.12. The number of rotatable bonds is 2. The van der Waals surface area contributed by atoms with Crippen molar-refractivity contribution < 1.29 is 18.0 Å². The summed E-state index contributed by atoms with van der Waals surface area (Å²) in [5.41, 5.74) is -2.30. The molecule has 0 saturated heterocycles. The molecule has 2 fully saturated rings. The van der Waals surface area contributed by atoms with Gasteiger partial charge in [-0.05, 0) is 24.8 Å². The van der Waals surface area contributed by atoms with Crippen molar-refractivity contribution in [1.29, 1.82) is 0 Å². The first-order valence-electron chi connectivity index (χ1n) is 5.83. The third kappa shape index (κ3) is 1.84. The predicted molar refractivity (Wildman–Crippen MR) is 60.5 cm³/mol. The molecular formula is C12H11F3N2O2. The lowest BCUT2D eigenvalue weighted by Crippen LogP contribution is -2.28. The van der Waals surface area contributed by atoms with Crippen molar-refractivity contribution in [3.63, 3.8) is 0 Å². The molecule has 1 aromatic rings. The summed E-state index contributed by atoms with van der Waals surface area (Å²) in [7, 11) is 1.22. The molecule has 102 valence electrons. The van der Waals surface area contributed by atoms with Gasteiger partial charge in [0.2, 0.25) is 5.91 Å². The highest BCUT2D eigenvalue weighted by atomic mass is 19.4. The Morgan fingerprint density at radius 2 is 2.05 bits per heavy atom. The molecule has 4 nitrogen and oxygen atoms in total. The third-order valence-corrected chi connectivity index (χ3v) is 3.89. The SMILES string of the molecule is Cn1cc(C(F)(F)F)cc(NC(=O)C23CC2C3)c1=O.